The third-order valence-electron chi connectivity index (χ3n) is 3.11. The quantitative estimate of drug-likeness (QED) is 0.901. The zero-order chi connectivity index (χ0) is 13.4. The lowest BCUT2D eigenvalue weighted by molar-refractivity contribution is -0.143. The standard InChI is InChI=1S/C12H10N2O4S/c15-11(8-1-4-13-18-8)14-5-2-9-7(3-6-19-9)10(14)12(16)17/h1,3-4,6,10H,2,5H2,(H,16,17). The van der Waals surface area contributed by atoms with Crippen molar-refractivity contribution in [1.82, 2.24) is 10.1 Å². The van der Waals surface area contributed by atoms with Gasteiger partial charge in [0.05, 0.1) is 6.20 Å². The minimum atomic E-state index is -1.03. The number of nitrogens with zero attached hydrogens (tertiary/aromatic N) is 2. The van der Waals surface area contributed by atoms with Crippen LogP contribution in [0.15, 0.2) is 28.2 Å². The first-order valence-corrected chi connectivity index (χ1v) is 6.57. The molecule has 0 bridgehead atoms. The molecule has 1 aliphatic heterocycles. The molecule has 0 spiro atoms. The average Bonchev–Trinajstić information content (AvgIpc) is 3.06. The van der Waals surface area contributed by atoms with Crippen molar-refractivity contribution in [2.75, 3.05) is 6.54 Å². The molecule has 1 N–H and O–H groups in total. The van der Waals surface area contributed by atoms with Crippen LogP contribution in [0.1, 0.15) is 27.0 Å². The molecule has 0 radical (unpaired) electrons. The van der Waals surface area contributed by atoms with E-state index in [9.17, 15) is 14.7 Å². The van der Waals surface area contributed by atoms with E-state index < -0.39 is 17.9 Å². The van der Waals surface area contributed by atoms with E-state index in [-0.39, 0.29) is 5.76 Å². The van der Waals surface area contributed by atoms with E-state index in [1.165, 1.54) is 28.5 Å². The second-order valence-electron chi connectivity index (χ2n) is 4.17. The Morgan fingerprint density at radius 1 is 1.47 bits per heavy atom. The summed E-state index contributed by atoms with van der Waals surface area (Å²) in [6, 6.07) is 2.25. The van der Waals surface area contributed by atoms with Gasteiger partial charge in [-0.15, -0.1) is 11.3 Å². The highest BCUT2D eigenvalue weighted by Gasteiger charge is 2.37. The second-order valence-corrected chi connectivity index (χ2v) is 5.17. The van der Waals surface area contributed by atoms with Gasteiger partial charge in [-0.1, -0.05) is 5.16 Å². The molecule has 0 aliphatic carbocycles. The van der Waals surface area contributed by atoms with Crippen molar-refractivity contribution in [3.05, 3.63) is 39.9 Å². The summed E-state index contributed by atoms with van der Waals surface area (Å²) in [6.45, 7) is 0.365. The van der Waals surface area contributed by atoms with Crippen molar-refractivity contribution in [3.8, 4) is 0 Å². The highest BCUT2D eigenvalue weighted by atomic mass is 32.1. The van der Waals surface area contributed by atoms with Crippen LogP contribution in [-0.2, 0) is 11.2 Å². The van der Waals surface area contributed by atoms with Gasteiger partial charge in [0.15, 0.2) is 6.04 Å². The number of hydrogen-bond donors (Lipinski definition) is 1. The Morgan fingerprint density at radius 3 is 3.00 bits per heavy atom. The lowest BCUT2D eigenvalue weighted by Gasteiger charge is -2.32. The van der Waals surface area contributed by atoms with Gasteiger partial charge in [-0.25, -0.2) is 4.79 Å². The molecule has 7 heteroatoms. The highest BCUT2D eigenvalue weighted by Crippen LogP contribution is 2.34. The largest absolute Gasteiger partial charge is 0.479 e. The van der Waals surface area contributed by atoms with E-state index in [4.69, 9.17) is 4.52 Å². The molecule has 0 saturated heterocycles. The number of aliphatic carboxylic acids is 1. The first kappa shape index (κ1) is 11.9. The molecule has 2 aromatic rings. The number of carboxylic acids is 1. The van der Waals surface area contributed by atoms with Gasteiger partial charge in [-0.05, 0) is 23.4 Å². The van der Waals surface area contributed by atoms with Crippen LogP contribution >= 0.6 is 11.3 Å². The number of aromatic nitrogens is 1. The van der Waals surface area contributed by atoms with Gasteiger partial charge in [-0.3, -0.25) is 4.79 Å². The average molecular weight is 278 g/mol. The zero-order valence-electron chi connectivity index (χ0n) is 9.78. The first-order chi connectivity index (χ1) is 9.18. The molecule has 0 aromatic carbocycles. The fourth-order valence-electron chi connectivity index (χ4n) is 2.27. The topological polar surface area (TPSA) is 83.6 Å². The van der Waals surface area contributed by atoms with Gasteiger partial charge in [-0.2, -0.15) is 0 Å². The maximum Gasteiger partial charge on any atom is 0.331 e. The predicted octanol–water partition coefficient (Wildman–Crippen LogP) is 1.56. The number of thiophene rings is 1. The van der Waals surface area contributed by atoms with Crippen molar-refractivity contribution in [3.63, 3.8) is 0 Å². The summed E-state index contributed by atoms with van der Waals surface area (Å²) in [4.78, 5) is 26.0. The molecule has 0 fully saturated rings. The summed E-state index contributed by atoms with van der Waals surface area (Å²) in [5.74, 6) is -1.42. The van der Waals surface area contributed by atoms with Crippen LogP contribution in [0.4, 0.5) is 0 Å². The minimum absolute atomic E-state index is 0.0601. The number of carboxylic acid groups (broad SMARTS) is 1. The molecule has 1 atom stereocenters. The minimum Gasteiger partial charge on any atom is -0.479 e. The van der Waals surface area contributed by atoms with Crippen LogP contribution < -0.4 is 0 Å². The van der Waals surface area contributed by atoms with E-state index in [1.54, 1.807) is 6.07 Å². The summed E-state index contributed by atoms with van der Waals surface area (Å²) in [5.41, 5.74) is 0.691. The van der Waals surface area contributed by atoms with E-state index in [0.717, 1.165) is 4.88 Å². The Hall–Kier alpha value is -2.15. The number of hydrogen-bond acceptors (Lipinski definition) is 5. The lowest BCUT2D eigenvalue weighted by atomic mass is 10.00. The maximum atomic E-state index is 12.2. The summed E-state index contributed by atoms with van der Waals surface area (Å²) in [6.07, 6.45) is 2.03. The van der Waals surface area contributed by atoms with Crippen LogP contribution in [0.2, 0.25) is 0 Å². The molecule has 19 heavy (non-hydrogen) atoms. The van der Waals surface area contributed by atoms with Crippen LogP contribution in [0.3, 0.4) is 0 Å². The molecule has 1 unspecified atom stereocenters. The van der Waals surface area contributed by atoms with E-state index in [1.807, 2.05) is 5.38 Å². The van der Waals surface area contributed by atoms with Crippen molar-refractivity contribution >= 4 is 23.2 Å². The van der Waals surface area contributed by atoms with Crippen LogP contribution in [0, 0.1) is 0 Å². The summed E-state index contributed by atoms with van der Waals surface area (Å²) < 4.78 is 4.81. The van der Waals surface area contributed by atoms with Gasteiger partial charge < -0.3 is 14.5 Å². The molecule has 0 saturated carbocycles. The molecule has 2 aromatic heterocycles. The first-order valence-electron chi connectivity index (χ1n) is 5.69. The number of amides is 1. The highest BCUT2D eigenvalue weighted by molar-refractivity contribution is 7.10. The maximum absolute atomic E-state index is 12.2. The number of rotatable bonds is 2. The fraction of sp³-hybridized carbons (Fsp3) is 0.250. The monoisotopic (exact) mass is 278 g/mol. The van der Waals surface area contributed by atoms with Gasteiger partial charge >= 0.3 is 5.97 Å². The van der Waals surface area contributed by atoms with E-state index in [2.05, 4.69) is 5.16 Å². The van der Waals surface area contributed by atoms with E-state index >= 15 is 0 Å². The van der Waals surface area contributed by atoms with Gasteiger partial charge in [0.25, 0.3) is 5.91 Å². The number of carbonyl (C=O) groups excluding carboxylic acids is 1. The van der Waals surface area contributed by atoms with Crippen LogP contribution in [-0.4, -0.2) is 33.6 Å². The summed E-state index contributed by atoms with van der Waals surface area (Å²) >= 11 is 1.52. The molecular formula is C12H10N2O4S. The second kappa shape index (κ2) is 4.51. The predicted molar refractivity (Wildman–Crippen MR) is 65.9 cm³/mol. The molecule has 98 valence electrons. The molecule has 3 heterocycles. The third kappa shape index (κ3) is 1.91. The zero-order valence-corrected chi connectivity index (χ0v) is 10.6. The molecular weight excluding hydrogens is 268 g/mol. The summed E-state index contributed by atoms with van der Waals surface area (Å²) in [5, 5.41) is 14.7. The van der Waals surface area contributed by atoms with Crippen LogP contribution in [0.5, 0.6) is 0 Å². The Kier molecular flexibility index (Phi) is 2.83. The van der Waals surface area contributed by atoms with Crippen molar-refractivity contribution in [2.24, 2.45) is 0 Å². The van der Waals surface area contributed by atoms with Gasteiger partial charge in [0, 0.05) is 17.5 Å². The van der Waals surface area contributed by atoms with Crippen molar-refractivity contribution in [2.45, 2.75) is 12.5 Å². The Balaban J connectivity index is 1.98. The van der Waals surface area contributed by atoms with Crippen molar-refractivity contribution < 1.29 is 19.2 Å². The van der Waals surface area contributed by atoms with Crippen molar-refractivity contribution in [1.29, 1.82) is 0 Å². The Labute approximate surface area is 112 Å². The van der Waals surface area contributed by atoms with E-state index in [0.29, 0.717) is 18.5 Å². The Morgan fingerprint density at radius 2 is 2.32 bits per heavy atom. The molecule has 6 nitrogen and oxygen atoms in total. The summed E-state index contributed by atoms with van der Waals surface area (Å²) in [7, 11) is 0. The molecule has 3 rings (SSSR count). The van der Waals surface area contributed by atoms with Gasteiger partial charge in [0.1, 0.15) is 0 Å². The lowest BCUT2D eigenvalue weighted by Crippen LogP contribution is -2.42. The SMILES string of the molecule is O=C(O)C1c2ccsc2CCN1C(=O)c1ccno1. The smallest absolute Gasteiger partial charge is 0.331 e. The van der Waals surface area contributed by atoms with Crippen LogP contribution in [0.25, 0.3) is 0 Å². The normalized spacial score (nSPS) is 18.1. The third-order valence-corrected chi connectivity index (χ3v) is 4.11. The fourth-order valence-corrected chi connectivity index (χ4v) is 3.17. The molecule has 1 amide bonds. The van der Waals surface area contributed by atoms with Gasteiger partial charge in [0.2, 0.25) is 5.76 Å². The number of carbonyl (C=O) groups is 2. The Bertz CT molecular complexity index is 619. The number of fused-ring (bicyclic) bond motifs is 1. The molecule has 1 aliphatic rings.